The van der Waals surface area contributed by atoms with E-state index in [-0.39, 0.29) is 5.91 Å². The highest BCUT2D eigenvalue weighted by Crippen LogP contribution is 2.30. The molecule has 0 N–H and O–H groups in total. The molecule has 0 unspecified atom stereocenters. The maximum atomic E-state index is 12.8. The first-order valence-corrected chi connectivity index (χ1v) is 7.66. The van der Waals surface area contributed by atoms with Gasteiger partial charge in [-0.1, -0.05) is 20.8 Å². The van der Waals surface area contributed by atoms with Crippen molar-refractivity contribution >= 4 is 11.6 Å². The Bertz CT molecular complexity index is 566. The van der Waals surface area contributed by atoms with Crippen LogP contribution in [0, 0.1) is 5.41 Å². The molecule has 0 radical (unpaired) electrons. The highest BCUT2D eigenvalue weighted by molar-refractivity contribution is 5.81. The second kappa shape index (κ2) is 6.37. The summed E-state index contributed by atoms with van der Waals surface area (Å²) in [6.07, 6.45) is -2.54. The largest absolute Gasteiger partial charge is 0.433 e. The van der Waals surface area contributed by atoms with Gasteiger partial charge in [-0.15, -0.1) is 0 Å². The summed E-state index contributed by atoms with van der Waals surface area (Å²) >= 11 is 0. The van der Waals surface area contributed by atoms with Crippen molar-refractivity contribution in [1.29, 1.82) is 0 Å². The summed E-state index contributed by atoms with van der Waals surface area (Å²) in [7, 11) is 0. The molecule has 1 aliphatic heterocycles. The lowest BCUT2D eigenvalue weighted by molar-refractivity contribution is -0.141. The quantitative estimate of drug-likeness (QED) is 0.794. The van der Waals surface area contributed by atoms with Crippen molar-refractivity contribution in [1.82, 2.24) is 9.88 Å². The third kappa shape index (κ3) is 4.36. The number of carbonyl (C=O) groups excluding carboxylic acids is 1. The first-order chi connectivity index (χ1) is 10.6. The minimum absolute atomic E-state index is 0.0741. The normalized spacial score (nSPS) is 17.1. The first kappa shape index (κ1) is 17.6. The predicted octanol–water partition coefficient (Wildman–Crippen LogP) is 3.19. The van der Waals surface area contributed by atoms with E-state index in [9.17, 15) is 18.0 Å². The van der Waals surface area contributed by atoms with Gasteiger partial charge in [-0.05, 0) is 18.6 Å². The van der Waals surface area contributed by atoms with Crippen molar-refractivity contribution < 1.29 is 18.0 Å². The van der Waals surface area contributed by atoms with Gasteiger partial charge in [0, 0.05) is 43.5 Å². The summed E-state index contributed by atoms with van der Waals surface area (Å²) in [6, 6.07) is 2.65. The SMILES string of the molecule is CC(C)(C)C(=O)N1CCCN(c2ccnc(C(F)(F)F)c2)CC1. The molecule has 1 aromatic rings. The van der Waals surface area contributed by atoms with E-state index < -0.39 is 17.3 Å². The van der Waals surface area contributed by atoms with Gasteiger partial charge < -0.3 is 9.80 Å². The van der Waals surface area contributed by atoms with E-state index in [0.717, 1.165) is 12.5 Å². The van der Waals surface area contributed by atoms with Crippen molar-refractivity contribution in [2.24, 2.45) is 5.41 Å². The van der Waals surface area contributed by atoms with Crippen LogP contribution in [0.25, 0.3) is 0 Å². The summed E-state index contributed by atoms with van der Waals surface area (Å²) in [5.74, 6) is 0.0741. The van der Waals surface area contributed by atoms with E-state index in [4.69, 9.17) is 0 Å². The van der Waals surface area contributed by atoms with Crippen LogP contribution in [-0.2, 0) is 11.0 Å². The number of carbonyl (C=O) groups is 1. The van der Waals surface area contributed by atoms with Crippen LogP contribution >= 0.6 is 0 Å². The van der Waals surface area contributed by atoms with Crippen LogP contribution < -0.4 is 4.90 Å². The minimum Gasteiger partial charge on any atom is -0.370 e. The van der Waals surface area contributed by atoms with Gasteiger partial charge in [0.1, 0.15) is 5.69 Å². The highest BCUT2D eigenvalue weighted by Gasteiger charge is 2.33. The van der Waals surface area contributed by atoms with Crippen LogP contribution in [0.15, 0.2) is 18.3 Å². The molecule has 1 aromatic heterocycles. The summed E-state index contributed by atoms with van der Waals surface area (Å²) < 4.78 is 38.3. The average Bonchev–Trinajstić information content (AvgIpc) is 2.70. The molecule has 2 rings (SSSR count). The molecule has 1 saturated heterocycles. The molecule has 7 heteroatoms. The number of hydrogen-bond donors (Lipinski definition) is 0. The van der Waals surface area contributed by atoms with E-state index in [1.54, 1.807) is 11.0 Å². The Kier molecular flexibility index (Phi) is 4.87. The number of aromatic nitrogens is 1. The fourth-order valence-corrected chi connectivity index (χ4v) is 2.62. The summed E-state index contributed by atoms with van der Waals surface area (Å²) in [6.45, 7) is 7.89. The molecule has 4 nitrogen and oxygen atoms in total. The lowest BCUT2D eigenvalue weighted by Gasteiger charge is -2.28. The van der Waals surface area contributed by atoms with Crippen LogP contribution in [0.5, 0.6) is 0 Å². The van der Waals surface area contributed by atoms with Crippen molar-refractivity contribution in [2.45, 2.75) is 33.4 Å². The molecule has 0 aliphatic carbocycles. The molecule has 1 fully saturated rings. The molecular formula is C16H22F3N3O. The number of alkyl halides is 3. The Morgan fingerprint density at radius 2 is 1.83 bits per heavy atom. The minimum atomic E-state index is -4.45. The number of nitrogens with zero attached hydrogens (tertiary/aromatic N) is 3. The predicted molar refractivity (Wildman–Crippen MR) is 82.1 cm³/mol. The lowest BCUT2D eigenvalue weighted by atomic mass is 9.94. The molecule has 23 heavy (non-hydrogen) atoms. The highest BCUT2D eigenvalue weighted by atomic mass is 19.4. The van der Waals surface area contributed by atoms with E-state index in [1.807, 2.05) is 25.7 Å². The van der Waals surface area contributed by atoms with E-state index >= 15 is 0 Å². The number of anilines is 1. The molecule has 0 saturated carbocycles. The molecule has 0 aromatic carbocycles. The van der Waals surface area contributed by atoms with Crippen molar-refractivity contribution in [3.63, 3.8) is 0 Å². The lowest BCUT2D eigenvalue weighted by Crippen LogP contribution is -2.41. The summed E-state index contributed by atoms with van der Waals surface area (Å²) in [4.78, 5) is 19.4. The number of amides is 1. The third-order valence-corrected chi connectivity index (χ3v) is 3.82. The fraction of sp³-hybridized carbons (Fsp3) is 0.625. The van der Waals surface area contributed by atoms with E-state index in [2.05, 4.69) is 4.98 Å². The average molecular weight is 329 g/mol. The topological polar surface area (TPSA) is 36.4 Å². The summed E-state index contributed by atoms with van der Waals surface area (Å²) in [5, 5.41) is 0. The van der Waals surface area contributed by atoms with Crippen molar-refractivity contribution in [3.05, 3.63) is 24.0 Å². The van der Waals surface area contributed by atoms with Crippen LogP contribution in [0.3, 0.4) is 0 Å². The number of hydrogen-bond acceptors (Lipinski definition) is 3. The van der Waals surface area contributed by atoms with E-state index in [1.165, 1.54) is 6.20 Å². The Hall–Kier alpha value is -1.79. The molecule has 0 atom stereocenters. The van der Waals surface area contributed by atoms with Gasteiger partial charge in [-0.3, -0.25) is 9.78 Å². The second-order valence-corrected chi connectivity index (χ2v) is 6.78. The molecule has 0 spiro atoms. The van der Waals surface area contributed by atoms with Crippen LogP contribution in [0.1, 0.15) is 32.9 Å². The van der Waals surface area contributed by atoms with Crippen molar-refractivity contribution in [3.8, 4) is 0 Å². The zero-order valence-electron chi connectivity index (χ0n) is 13.7. The van der Waals surface area contributed by atoms with Gasteiger partial charge >= 0.3 is 6.18 Å². The molecule has 1 aliphatic rings. The number of rotatable bonds is 1. The zero-order valence-corrected chi connectivity index (χ0v) is 13.7. The molecule has 0 bridgehead atoms. The van der Waals surface area contributed by atoms with Gasteiger partial charge in [-0.2, -0.15) is 13.2 Å². The Labute approximate surface area is 134 Å². The third-order valence-electron chi connectivity index (χ3n) is 3.82. The fourth-order valence-electron chi connectivity index (χ4n) is 2.62. The monoisotopic (exact) mass is 329 g/mol. The van der Waals surface area contributed by atoms with Gasteiger partial charge in [0.25, 0.3) is 0 Å². The standard InChI is InChI=1S/C16H22F3N3O/c1-15(2,3)14(23)22-8-4-7-21(9-10-22)12-5-6-20-13(11-12)16(17,18)19/h5-6,11H,4,7-10H2,1-3H3. The number of halogens is 3. The van der Waals surface area contributed by atoms with Gasteiger partial charge in [-0.25, -0.2) is 0 Å². The van der Waals surface area contributed by atoms with Crippen LogP contribution in [-0.4, -0.2) is 42.0 Å². The number of pyridine rings is 1. The smallest absolute Gasteiger partial charge is 0.370 e. The maximum Gasteiger partial charge on any atom is 0.433 e. The molecular weight excluding hydrogens is 307 g/mol. The summed E-state index contributed by atoms with van der Waals surface area (Å²) in [5.41, 5.74) is -0.839. The second-order valence-electron chi connectivity index (χ2n) is 6.78. The van der Waals surface area contributed by atoms with Crippen LogP contribution in [0.2, 0.25) is 0 Å². The Balaban J connectivity index is 2.11. The Morgan fingerprint density at radius 1 is 1.13 bits per heavy atom. The van der Waals surface area contributed by atoms with E-state index in [0.29, 0.717) is 31.9 Å². The molecule has 2 heterocycles. The first-order valence-electron chi connectivity index (χ1n) is 7.66. The maximum absolute atomic E-state index is 12.8. The van der Waals surface area contributed by atoms with Crippen molar-refractivity contribution in [2.75, 3.05) is 31.1 Å². The van der Waals surface area contributed by atoms with Gasteiger partial charge in [0.2, 0.25) is 5.91 Å². The zero-order chi connectivity index (χ0) is 17.3. The molecule has 1 amide bonds. The Morgan fingerprint density at radius 3 is 2.43 bits per heavy atom. The van der Waals surface area contributed by atoms with Gasteiger partial charge in [0.15, 0.2) is 0 Å². The van der Waals surface area contributed by atoms with Gasteiger partial charge in [0.05, 0.1) is 0 Å². The van der Waals surface area contributed by atoms with Crippen LogP contribution in [0.4, 0.5) is 18.9 Å². The molecule has 128 valence electrons.